The van der Waals surface area contributed by atoms with Gasteiger partial charge < -0.3 is 5.73 Å². The third-order valence-corrected chi connectivity index (χ3v) is 7.19. The van der Waals surface area contributed by atoms with Gasteiger partial charge in [-0.1, -0.05) is 6.07 Å². The molecular formula is C25H27F5N6. The summed E-state index contributed by atoms with van der Waals surface area (Å²) in [6, 6.07) is 7.68. The fourth-order valence-electron chi connectivity index (χ4n) is 5.50. The highest BCUT2D eigenvalue weighted by atomic mass is 19.4. The van der Waals surface area contributed by atoms with Gasteiger partial charge >= 0.3 is 6.18 Å². The van der Waals surface area contributed by atoms with E-state index in [9.17, 15) is 22.0 Å². The monoisotopic (exact) mass is 506 g/mol. The van der Waals surface area contributed by atoms with Gasteiger partial charge in [-0.2, -0.15) is 18.3 Å². The Kier molecular flexibility index (Phi) is 6.80. The number of hydrogen-bond donors (Lipinski definition) is 2. The molecule has 2 aliphatic heterocycles. The number of pyridine rings is 1. The largest absolute Gasteiger partial charge is 0.435 e. The fourth-order valence-corrected chi connectivity index (χ4v) is 5.50. The molecule has 2 aromatic heterocycles. The molecule has 4 heterocycles. The Hall–Kier alpha value is -2.89. The van der Waals surface area contributed by atoms with Gasteiger partial charge in [0.25, 0.3) is 0 Å². The summed E-state index contributed by atoms with van der Waals surface area (Å²) in [6.45, 7) is 1.60. The van der Waals surface area contributed by atoms with Crippen LogP contribution in [0, 0.1) is 11.6 Å². The lowest BCUT2D eigenvalue weighted by molar-refractivity contribution is -0.142. The van der Waals surface area contributed by atoms with Gasteiger partial charge in [-0.3, -0.25) is 19.9 Å². The number of H-pyrrole nitrogens is 1. The highest BCUT2D eigenvalue weighted by Crippen LogP contribution is 2.37. The van der Waals surface area contributed by atoms with E-state index in [1.165, 1.54) is 6.07 Å². The van der Waals surface area contributed by atoms with Crippen molar-refractivity contribution in [3.63, 3.8) is 0 Å². The second-order valence-corrected chi connectivity index (χ2v) is 9.48. The SMILES string of the molecule is N[C@H]1C[C@@H](N2CCc3[nH]nc(C(F)(F)F)c3C2)CN(CCc2ccccn2)[C@@H]1c1cc(F)ccc1F. The first-order valence-electron chi connectivity index (χ1n) is 11.9. The maximum Gasteiger partial charge on any atom is 0.435 e. The number of aromatic amines is 1. The molecule has 0 radical (unpaired) electrons. The number of nitrogens with one attached hydrogen (secondary N) is 1. The highest BCUT2D eigenvalue weighted by molar-refractivity contribution is 5.30. The first kappa shape index (κ1) is 24.8. The van der Waals surface area contributed by atoms with Crippen LogP contribution in [-0.2, 0) is 25.6 Å². The van der Waals surface area contributed by atoms with Crippen molar-refractivity contribution in [2.75, 3.05) is 19.6 Å². The quantitative estimate of drug-likeness (QED) is 0.515. The minimum Gasteiger partial charge on any atom is -0.326 e. The summed E-state index contributed by atoms with van der Waals surface area (Å²) in [5.41, 5.74) is 7.42. The summed E-state index contributed by atoms with van der Waals surface area (Å²) in [7, 11) is 0. The van der Waals surface area contributed by atoms with Crippen molar-refractivity contribution < 1.29 is 22.0 Å². The number of benzene rings is 1. The molecule has 36 heavy (non-hydrogen) atoms. The van der Waals surface area contributed by atoms with Crippen LogP contribution in [0.5, 0.6) is 0 Å². The van der Waals surface area contributed by atoms with Crippen LogP contribution in [0.3, 0.4) is 0 Å². The van der Waals surface area contributed by atoms with Crippen molar-refractivity contribution in [1.82, 2.24) is 25.0 Å². The molecule has 0 saturated carbocycles. The molecule has 1 fully saturated rings. The minimum absolute atomic E-state index is 0.102. The van der Waals surface area contributed by atoms with E-state index in [1.54, 1.807) is 6.20 Å². The zero-order chi connectivity index (χ0) is 25.4. The van der Waals surface area contributed by atoms with Crippen molar-refractivity contribution in [3.05, 3.63) is 82.4 Å². The number of nitrogens with two attached hydrogens (primary N) is 1. The van der Waals surface area contributed by atoms with Crippen molar-refractivity contribution in [2.24, 2.45) is 5.73 Å². The second kappa shape index (κ2) is 9.87. The predicted molar refractivity (Wildman–Crippen MR) is 123 cm³/mol. The van der Waals surface area contributed by atoms with Gasteiger partial charge in [0.1, 0.15) is 11.6 Å². The van der Waals surface area contributed by atoms with E-state index < -0.39 is 35.6 Å². The summed E-state index contributed by atoms with van der Waals surface area (Å²) in [5.74, 6) is -1.08. The third kappa shape index (κ3) is 5.00. The van der Waals surface area contributed by atoms with E-state index >= 15 is 0 Å². The number of rotatable bonds is 5. The maximum absolute atomic E-state index is 14.8. The number of alkyl halides is 3. The van der Waals surface area contributed by atoms with Crippen LogP contribution < -0.4 is 5.73 Å². The summed E-state index contributed by atoms with van der Waals surface area (Å²) in [4.78, 5) is 8.37. The van der Waals surface area contributed by atoms with Crippen LogP contribution >= 0.6 is 0 Å². The lowest BCUT2D eigenvalue weighted by Crippen LogP contribution is -2.57. The van der Waals surface area contributed by atoms with Crippen molar-refractivity contribution in [1.29, 1.82) is 0 Å². The van der Waals surface area contributed by atoms with E-state index in [2.05, 4.69) is 15.2 Å². The van der Waals surface area contributed by atoms with Crippen molar-refractivity contribution in [3.8, 4) is 0 Å². The molecule has 3 atom stereocenters. The molecule has 3 aromatic rings. The molecule has 3 N–H and O–H groups in total. The summed E-state index contributed by atoms with van der Waals surface area (Å²) in [6.07, 6.45) is -1.42. The molecule has 11 heteroatoms. The lowest BCUT2D eigenvalue weighted by Gasteiger charge is -2.47. The first-order chi connectivity index (χ1) is 17.2. The topological polar surface area (TPSA) is 74.1 Å². The zero-order valence-electron chi connectivity index (χ0n) is 19.5. The lowest BCUT2D eigenvalue weighted by atomic mass is 9.86. The van der Waals surface area contributed by atoms with Gasteiger partial charge in [0.15, 0.2) is 5.69 Å². The Morgan fingerprint density at radius 1 is 1.14 bits per heavy atom. The molecule has 2 aliphatic rings. The number of halogens is 5. The maximum atomic E-state index is 14.8. The van der Waals surface area contributed by atoms with Crippen LogP contribution in [0.1, 0.15) is 40.7 Å². The summed E-state index contributed by atoms with van der Waals surface area (Å²) >= 11 is 0. The molecule has 0 bridgehead atoms. The number of piperidine rings is 1. The molecule has 0 amide bonds. The third-order valence-electron chi connectivity index (χ3n) is 7.19. The molecule has 6 nitrogen and oxygen atoms in total. The molecule has 1 aromatic carbocycles. The van der Waals surface area contributed by atoms with Crippen LogP contribution in [0.4, 0.5) is 22.0 Å². The number of nitrogens with zero attached hydrogens (tertiary/aromatic N) is 4. The number of hydrogen-bond acceptors (Lipinski definition) is 5. The molecule has 192 valence electrons. The number of fused-ring (bicyclic) bond motifs is 1. The molecule has 0 aliphatic carbocycles. The Bertz CT molecular complexity index is 1200. The van der Waals surface area contributed by atoms with Crippen LogP contribution in [0.25, 0.3) is 0 Å². The Balaban J connectivity index is 1.41. The number of aromatic nitrogens is 3. The molecule has 1 saturated heterocycles. The minimum atomic E-state index is -4.54. The standard InChI is InChI=1S/C25H27F5N6/c26-15-4-5-20(27)18(11-15)23-21(31)12-17(13-36(23)9-6-16-3-1-2-8-32-16)35-10-7-22-19(14-35)24(34-33-22)25(28,29)30/h1-5,8,11,17,21,23H,6-7,9-10,12-14,31H2,(H,33,34)/t17-,21+,23-/m1/s1. The van der Waals surface area contributed by atoms with Gasteiger partial charge in [-0.25, -0.2) is 8.78 Å². The normalized spacial score (nSPS) is 23.6. The fraction of sp³-hybridized carbons (Fsp3) is 0.440. The smallest absolute Gasteiger partial charge is 0.326 e. The van der Waals surface area contributed by atoms with Crippen LogP contribution in [0.2, 0.25) is 0 Å². The van der Waals surface area contributed by atoms with Gasteiger partial charge in [0.2, 0.25) is 0 Å². The number of likely N-dealkylation sites (tertiary alicyclic amines) is 1. The van der Waals surface area contributed by atoms with Crippen molar-refractivity contribution in [2.45, 2.75) is 50.1 Å². The zero-order valence-corrected chi connectivity index (χ0v) is 19.5. The Morgan fingerprint density at radius 3 is 2.72 bits per heavy atom. The van der Waals surface area contributed by atoms with Gasteiger partial charge in [-0.15, -0.1) is 0 Å². The van der Waals surface area contributed by atoms with E-state index in [0.717, 1.165) is 17.8 Å². The van der Waals surface area contributed by atoms with E-state index in [4.69, 9.17) is 5.73 Å². The summed E-state index contributed by atoms with van der Waals surface area (Å²) in [5, 5.41) is 6.05. The second-order valence-electron chi connectivity index (χ2n) is 9.48. The van der Waals surface area contributed by atoms with Gasteiger partial charge in [-0.05, 0) is 36.8 Å². The average molecular weight is 507 g/mol. The summed E-state index contributed by atoms with van der Waals surface area (Å²) < 4.78 is 69.3. The van der Waals surface area contributed by atoms with E-state index in [0.29, 0.717) is 44.6 Å². The van der Waals surface area contributed by atoms with E-state index in [1.807, 2.05) is 28.0 Å². The Labute approximate surface area is 205 Å². The van der Waals surface area contributed by atoms with Gasteiger partial charge in [0.05, 0.1) is 6.04 Å². The van der Waals surface area contributed by atoms with Gasteiger partial charge in [0, 0.05) is 79.8 Å². The molecule has 5 rings (SSSR count). The molecule has 0 spiro atoms. The highest BCUT2D eigenvalue weighted by Gasteiger charge is 2.43. The van der Waals surface area contributed by atoms with Crippen LogP contribution in [0.15, 0.2) is 42.6 Å². The predicted octanol–water partition coefficient (Wildman–Crippen LogP) is 3.85. The van der Waals surface area contributed by atoms with E-state index in [-0.39, 0.29) is 23.7 Å². The Morgan fingerprint density at radius 2 is 1.97 bits per heavy atom. The molecular weight excluding hydrogens is 479 g/mol. The van der Waals surface area contributed by atoms with Crippen molar-refractivity contribution >= 4 is 0 Å². The average Bonchev–Trinajstić information content (AvgIpc) is 3.29. The first-order valence-corrected chi connectivity index (χ1v) is 11.9. The molecule has 0 unspecified atom stereocenters. The van der Waals surface area contributed by atoms with Crippen LogP contribution in [-0.4, -0.2) is 56.7 Å².